The van der Waals surface area contributed by atoms with Gasteiger partial charge in [0.05, 0.1) is 23.0 Å². The molecule has 1 atom stereocenters. The van der Waals surface area contributed by atoms with E-state index in [0.717, 1.165) is 56.3 Å². The van der Waals surface area contributed by atoms with Crippen molar-refractivity contribution < 1.29 is 4.74 Å². The molecule has 0 amide bonds. The van der Waals surface area contributed by atoms with E-state index in [4.69, 9.17) is 16.3 Å². The van der Waals surface area contributed by atoms with Crippen molar-refractivity contribution in [2.45, 2.75) is 39.7 Å². The number of halogens is 1. The largest absolute Gasteiger partial charge is 0.381 e. The summed E-state index contributed by atoms with van der Waals surface area (Å²) in [5.74, 6) is 0. The molecule has 0 saturated carbocycles. The average Bonchev–Trinajstić information content (AvgIpc) is 2.97. The maximum atomic E-state index is 6.50. The fourth-order valence-electron chi connectivity index (χ4n) is 2.91. The molecule has 108 valence electrons. The van der Waals surface area contributed by atoms with Crippen LogP contribution >= 0.6 is 11.6 Å². The fourth-order valence-corrected chi connectivity index (χ4v) is 3.24. The molecular formula is C14H24ClN3O. The molecule has 19 heavy (non-hydrogen) atoms. The Morgan fingerprint density at radius 1 is 1.47 bits per heavy atom. The lowest BCUT2D eigenvalue weighted by molar-refractivity contribution is 0.149. The van der Waals surface area contributed by atoms with Crippen LogP contribution in [0.5, 0.6) is 0 Å². The molecule has 1 aromatic heterocycles. The Labute approximate surface area is 120 Å². The predicted octanol–water partition coefficient (Wildman–Crippen LogP) is 2.29. The second-order valence-corrected chi connectivity index (χ2v) is 5.76. The Balaban J connectivity index is 2.28. The van der Waals surface area contributed by atoms with E-state index in [1.807, 2.05) is 7.05 Å². The van der Waals surface area contributed by atoms with E-state index in [1.54, 1.807) is 0 Å². The maximum absolute atomic E-state index is 6.50. The van der Waals surface area contributed by atoms with Crippen molar-refractivity contribution >= 4 is 11.6 Å². The Morgan fingerprint density at radius 3 is 2.79 bits per heavy atom. The maximum Gasteiger partial charge on any atom is 0.0850 e. The number of rotatable bonds is 6. The molecule has 1 aliphatic heterocycles. The number of hydrogen-bond donors (Lipinski definition) is 1. The van der Waals surface area contributed by atoms with Gasteiger partial charge < -0.3 is 10.1 Å². The Kier molecular flexibility index (Phi) is 4.87. The summed E-state index contributed by atoms with van der Waals surface area (Å²) in [6.07, 6.45) is 2.91. The topological polar surface area (TPSA) is 39.1 Å². The van der Waals surface area contributed by atoms with Gasteiger partial charge in [0.25, 0.3) is 0 Å². The molecule has 0 aliphatic carbocycles. The standard InChI is InChI=1S/C14H24ClN3O/c1-4-11-13(15)12(18(5-2)17-11)8-14(9-16-3)6-7-19-10-14/h16H,4-10H2,1-3H3. The van der Waals surface area contributed by atoms with Crippen LogP contribution in [0.25, 0.3) is 0 Å². The third-order valence-electron chi connectivity index (χ3n) is 3.97. The molecule has 2 rings (SSSR count). The molecule has 0 aromatic carbocycles. The van der Waals surface area contributed by atoms with Crippen molar-refractivity contribution in [1.29, 1.82) is 0 Å². The molecular weight excluding hydrogens is 262 g/mol. The monoisotopic (exact) mass is 285 g/mol. The second kappa shape index (κ2) is 6.25. The van der Waals surface area contributed by atoms with Crippen LogP contribution in [0, 0.1) is 5.41 Å². The van der Waals surface area contributed by atoms with Gasteiger partial charge in [-0.2, -0.15) is 5.10 Å². The smallest absolute Gasteiger partial charge is 0.0850 e. The van der Waals surface area contributed by atoms with Gasteiger partial charge >= 0.3 is 0 Å². The molecule has 1 unspecified atom stereocenters. The molecule has 1 aromatic rings. The fraction of sp³-hybridized carbons (Fsp3) is 0.786. The van der Waals surface area contributed by atoms with Gasteiger partial charge in [-0.15, -0.1) is 0 Å². The summed E-state index contributed by atoms with van der Waals surface area (Å²) in [4.78, 5) is 0. The van der Waals surface area contributed by atoms with Crippen molar-refractivity contribution in [3.05, 3.63) is 16.4 Å². The molecule has 2 heterocycles. The van der Waals surface area contributed by atoms with Crippen LogP contribution in [0.4, 0.5) is 0 Å². The quantitative estimate of drug-likeness (QED) is 0.872. The zero-order chi connectivity index (χ0) is 13.9. The van der Waals surface area contributed by atoms with E-state index in [2.05, 4.69) is 28.9 Å². The minimum Gasteiger partial charge on any atom is -0.381 e. The van der Waals surface area contributed by atoms with Gasteiger partial charge in [-0.3, -0.25) is 4.68 Å². The van der Waals surface area contributed by atoms with E-state index in [1.165, 1.54) is 5.69 Å². The minimum atomic E-state index is 0.163. The summed E-state index contributed by atoms with van der Waals surface area (Å²) in [5.41, 5.74) is 2.34. The highest BCUT2D eigenvalue weighted by Gasteiger charge is 2.36. The first-order valence-electron chi connectivity index (χ1n) is 7.12. The van der Waals surface area contributed by atoms with Crippen LogP contribution in [0.2, 0.25) is 5.02 Å². The molecule has 1 fully saturated rings. The van der Waals surface area contributed by atoms with Crippen LogP contribution in [0.1, 0.15) is 31.7 Å². The van der Waals surface area contributed by atoms with Crippen LogP contribution in [0.3, 0.4) is 0 Å². The normalized spacial score (nSPS) is 23.2. The molecule has 0 spiro atoms. The zero-order valence-electron chi connectivity index (χ0n) is 12.1. The third kappa shape index (κ3) is 2.96. The number of hydrogen-bond acceptors (Lipinski definition) is 3. The molecule has 0 radical (unpaired) electrons. The van der Waals surface area contributed by atoms with Crippen molar-refractivity contribution in [3.63, 3.8) is 0 Å². The minimum absolute atomic E-state index is 0.163. The number of aryl methyl sites for hydroxylation is 2. The van der Waals surface area contributed by atoms with Gasteiger partial charge in [0.15, 0.2) is 0 Å². The van der Waals surface area contributed by atoms with E-state index in [-0.39, 0.29) is 5.41 Å². The van der Waals surface area contributed by atoms with Gasteiger partial charge in [0, 0.05) is 25.1 Å². The molecule has 4 nitrogen and oxygen atoms in total. The summed E-state index contributed by atoms with van der Waals surface area (Å²) < 4.78 is 7.67. The average molecular weight is 286 g/mol. The molecule has 0 bridgehead atoms. The summed E-state index contributed by atoms with van der Waals surface area (Å²) in [7, 11) is 2.00. The van der Waals surface area contributed by atoms with Gasteiger partial charge in [-0.25, -0.2) is 0 Å². The molecule has 1 aliphatic rings. The zero-order valence-corrected chi connectivity index (χ0v) is 12.9. The van der Waals surface area contributed by atoms with Crippen molar-refractivity contribution in [1.82, 2.24) is 15.1 Å². The lowest BCUT2D eigenvalue weighted by atomic mass is 9.82. The lowest BCUT2D eigenvalue weighted by Crippen LogP contribution is -2.36. The van der Waals surface area contributed by atoms with Gasteiger partial charge in [-0.05, 0) is 33.2 Å². The van der Waals surface area contributed by atoms with Crippen LogP contribution < -0.4 is 5.32 Å². The predicted molar refractivity (Wildman–Crippen MR) is 77.8 cm³/mol. The van der Waals surface area contributed by atoms with Crippen molar-refractivity contribution in [2.24, 2.45) is 5.41 Å². The molecule has 1 N–H and O–H groups in total. The Bertz CT molecular complexity index is 425. The van der Waals surface area contributed by atoms with Crippen LogP contribution in [0.15, 0.2) is 0 Å². The summed E-state index contributed by atoms with van der Waals surface area (Å²) in [6.45, 7) is 7.69. The van der Waals surface area contributed by atoms with Crippen molar-refractivity contribution in [3.8, 4) is 0 Å². The first-order valence-corrected chi connectivity index (χ1v) is 7.50. The Hall–Kier alpha value is -0.580. The highest BCUT2D eigenvalue weighted by atomic mass is 35.5. The SMILES string of the molecule is CCc1nn(CC)c(CC2(CNC)CCOC2)c1Cl. The first-order chi connectivity index (χ1) is 9.15. The summed E-state index contributed by atoms with van der Waals surface area (Å²) >= 11 is 6.50. The number of nitrogens with one attached hydrogen (secondary N) is 1. The molecule has 5 heteroatoms. The summed E-state index contributed by atoms with van der Waals surface area (Å²) in [6, 6.07) is 0. The summed E-state index contributed by atoms with van der Waals surface area (Å²) in [5, 5.41) is 8.75. The highest BCUT2D eigenvalue weighted by molar-refractivity contribution is 6.31. The van der Waals surface area contributed by atoms with Gasteiger partial charge in [0.1, 0.15) is 0 Å². The van der Waals surface area contributed by atoms with E-state index in [0.29, 0.717) is 0 Å². The first kappa shape index (κ1) is 14.8. The van der Waals surface area contributed by atoms with E-state index >= 15 is 0 Å². The Morgan fingerprint density at radius 2 is 2.26 bits per heavy atom. The number of aromatic nitrogens is 2. The van der Waals surface area contributed by atoms with Gasteiger partial charge in [-0.1, -0.05) is 18.5 Å². The van der Waals surface area contributed by atoms with Crippen LogP contribution in [-0.2, 0) is 24.1 Å². The van der Waals surface area contributed by atoms with E-state index < -0.39 is 0 Å². The third-order valence-corrected chi connectivity index (χ3v) is 4.41. The lowest BCUT2D eigenvalue weighted by Gasteiger charge is -2.27. The molecule has 1 saturated heterocycles. The van der Waals surface area contributed by atoms with Crippen LogP contribution in [-0.4, -0.2) is 36.6 Å². The second-order valence-electron chi connectivity index (χ2n) is 5.39. The number of nitrogens with zero attached hydrogens (tertiary/aromatic N) is 2. The van der Waals surface area contributed by atoms with Crippen molar-refractivity contribution in [2.75, 3.05) is 26.8 Å². The highest BCUT2D eigenvalue weighted by Crippen LogP contribution is 2.35. The van der Waals surface area contributed by atoms with Gasteiger partial charge in [0.2, 0.25) is 0 Å². The number of ether oxygens (including phenoxy) is 1. The van der Waals surface area contributed by atoms with E-state index in [9.17, 15) is 0 Å².